The van der Waals surface area contributed by atoms with E-state index in [1.54, 1.807) is 11.8 Å². The first-order valence-corrected chi connectivity index (χ1v) is 15.5. The molecule has 0 aliphatic heterocycles. The highest BCUT2D eigenvalue weighted by Crippen LogP contribution is 2.38. The van der Waals surface area contributed by atoms with Crippen molar-refractivity contribution in [1.82, 2.24) is 5.32 Å². The number of phosphoric ester groups is 1. The summed E-state index contributed by atoms with van der Waals surface area (Å²) in [6.45, 7) is 4.94. The Morgan fingerprint density at radius 3 is 2.12 bits per heavy atom. The van der Waals surface area contributed by atoms with Gasteiger partial charge in [0.1, 0.15) is 13.2 Å². The van der Waals surface area contributed by atoms with Crippen molar-refractivity contribution in [1.29, 1.82) is 0 Å². The van der Waals surface area contributed by atoms with Crippen LogP contribution in [-0.4, -0.2) is 68.8 Å². The molecule has 0 rings (SSSR count). The molecule has 33 heavy (non-hydrogen) atoms. The van der Waals surface area contributed by atoms with Crippen molar-refractivity contribution >= 4 is 25.5 Å². The minimum Gasteiger partial charge on any atom is -0.756 e. The Morgan fingerprint density at radius 1 is 0.939 bits per heavy atom. The molecule has 0 bridgehead atoms. The lowest BCUT2D eigenvalue weighted by molar-refractivity contribution is -0.870. The maximum Gasteiger partial charge on any atom is 0.268 e. The minimum absolute atomic E-state index is 0.0320. The van der Waals surface area contributed by atoms with Gasteiger partial charge in [0, 0.05) is 12.2 Å². The zero-order valence-corrected chi connectivity index (χ0v) is 23.7. The molecule has 0 aliphatic carbocycles. The fourth-order valence-electron chi connectivity index (χ4n) is 3.18. The molecule has 1 amide bonds. The molecule has 0 spiro atoms. The third-order valence-corrected chi connectivity index (χ3v) is 7.46. The topological polar surface area (TPSA) is 87.7 Å². The van der Waals surface area contributed by atoms with E-state index in [2.05, 4.69) is 19.2 Å². The molecule has 1 N–H and O–H groups in total. The lowest BCUT2D eigenvalue weighted by Gasteiger charge is -2.28. The summed E-state index contributed by atoms with van der Waals surface area (Å²) in [6, 6.07) is -0.345. The molecule has 0 heterocycles. The summed E-state index contributed by atoms with van der Waals surface area (Å²) in [6.07, 6.45) is 13.3. The van der Waals surface area contributed by atoms with E-state index in [4.69, 9.17) is 9.05 Å². The summed E-state index contributed by atoms with van der Waals surface area (Å²) in [4.78, 5) is 24.5. The van der Waals surface area contributed by atoms with Crippen molar-refractivity contribution in [3.63, 3.8) is 0 Å². The van der Waals surface area contributed by atoms with Crippen LogP contribution in [0, 0.1) is 0 Å². The van der Waals surface area contributed by atoms with Gasteiger partial charge in [-0.1, -0.05) is 71.6 Å². The Hall–Kier alpha value is -0.110. The number of phosphoric acid groups is 1. The van der Waals surface area contributed by atoms with E-state index in [0.717, 1.165) is 31.4 Å². The van der Waals surface area contributed by atoms with Crippen molar-refractivity contribution in [2.24, 2.45) is 0 Å². The van der Waals surface area contributed by atoms with Gasteiger partial charge >= 0.3 is 0 Å². The van der Waals surface area contributed by atoms with Gasteiger partial charge in [0.15, 0.2) is 0 Å². The number of nitrogens with zero attached hydrogens (tertiary/aromatic N) is 1. The molecule has 7 nitrogen and oxygen atoms in total. The van der Waals surface area contributed by atoms with Gasteiger partial charge in [-0.2, -0.15) is 11.8 Å². The number of rotatable bonds is 23. The van der Waals surface area contributed by atoms with Crippen LogP contribution in [0.15, 0.2) is 0 Å². The van der Waals surface area contributed by atoms with Gasteiger partial charge in [-0.3, -0.25) is 9.36 Å². The summed E-state index contributed by atoms with van der Waals surface area (Å²) in [7, 11) is 1.51. The average molecular weight is 511 g/mol. The number of nitrogens with one attached hydrogen (secondary N) is 1. The third kappa shape index (κ3) is 23.4. The number of quaternary nitrogens is 1. The van der Waals surface area contributed by atoms with Gasteiger partial charge < -0.3 is 23.7 Å². The summed E-state index contributed by atoms with van der Waals surface area (Å²) < 4.78 is 22.9. The number of unbranched alkanes of at least 4 members (excludes halogenated alkanes) is 9. The fourth-order valence-corrected chi connectivity index (χ4v) is 4.96. The van der Waals surface area contributed by atoms with Crippen molar-refractivity contribution in [3.05, 3.63) is 0 Å². The molecule has 0 radical (unpaired) electrons. The number of hydrogen-bond donors (Lipinski definition) is 1. The van der Waals surface area contributed by atoms with Crippen molar-refractivity contribution in [3.8, 4) is 0 Å². The van der Waals surface area contributed by atoms with E-state index in [0.29, 0.717) is 23.2 Å². The van der Waals surface area contributed by atoms with Crippen LogP contribution in [0.4, 0.5) is 0 Å². The van der Waals surface area contributed by atoms with E-state index in [9.17, 15) is 14.3 Å². The van der Waals surface area contributed by atoms with Gasteiger partial charge in [0.2, 0.25) is 5.91 Å². The van der Waals surface area contributed by atoms with E-state index in [1.165, 1.54) is 44.9 Å². The highest BCUT2D eigenvalue weighted by molar-refractivity contribution is 7.99. The van der Waals surface area contributed by atoms with E-state index < -0.39 is 7.82 Å². The van der Waals surface area contributed by atoms with Crippen LogP contribution in [0.5, 0.6) is 0 Å². The van der Waals surface area contributed by atoms with Crippen LogP contribution in [-0.2, 0) is 18.4 Å². The monoisotopic (exact) mass is 510 g/mol. The maximum absolute atomic E-state index is 12.4. The second-order valence-corrected chi connectivity index (χ2v) is 12.4. The molecule has 2 atom stereocenters. The predicted octanol–water partition coefficient (Wildman–Crippen LogP) is 5.13. The number of amides is 1. The third-order valence-electron chi connectivity index (χ3n) is 5.28. The van der Waals surface area contributed by atoms with Crippen molar-refractivity contribution in [2.75, 3.05) is 52.4 Å². The quantitative estimate of drug-likeness (QED) is 0.116. The first kappa shape index (κ1) is 32.9. The Balaban J connectivity index is 4.43. The normalized spacial score (nSPS) is 14.7. The van der Waals surface area contributed by atoms with Crippen LogP contribution in [0.1, 0.15) is 90.9 Å². The minimum atomic E-state index is -4.39. The summed E-state index contributed by atoms with van der Waals surface area (Å²) >= 11 is 1.74. The highest BCUT2D eigenvalue weighted by atomic mass is 32.2. The van der Waals surface area contributed by atoms with Gasteiger partial charge in [0.05, 0.1) is 33.8 Å². The fraction of sp³-hybridized carbons (Fsp3) is 0.958. The molecule has 9 heteroatoms. The van der Waals surface area contributed by atoms with Crippen molar-refractivity contribution in [2.45, 2.75) is 96.9 Å². The molecule has 0 aromatic rings. The molecular formula is C24H51N2O5PS. The lowest BCUT2D eigenvalue weighted by Crippen LogP contribution is -2.40. The largest absolute Gasteiger partial charge is 0.756 e. The first-order chi connectivity index (χ1) is 15.6. The smallest absolute Gasteiger partial charge is 0.268 e. The van der Waals surface area contributed by atoms with Crippen LogP contribution < -0.4 is 10.2 Å². The number of carbonyl (C=O) groups excluding carboxylic acids is 1. The molecule has 0 aromatic heterocycles. The number of carbonyl (C=O) groups is 1. The number of hydrogen-bond acceptors (Lipinski definition) is 6. The summed E-state index contributed by atoms with van der Waals surface area (Å²) in [5.41, 5.74) is 0. The lowest BCUT2D eigenvalue weighted by atomic mass is 10.1. The molecule has 0 saturated heterocycles. The SMILES string of the molecule is CCCCCCCCCC(=O)N[C@@H](COP(=O)([O-])OCC[N+](C)(C)C)CSCCCCCC. The van der Waals surface area contributed by atoms with E-state index in [-0.39, 0.29) is 25.2 Å². The Kier molecular flexibility index (Phi) is 20.1. The van der Waals surface area contributed by atoms with Crippen LogP contribution in [0.3, 0.4) is 0 Å². The predicted molar refractivity (Wildman–Crippen MR) is 138 cm³/mol. The number of thioether (sulfide) groups is 1. The van der Waals surface area contributed by atoms with Gasteiger partial charge in [0.25, 0.3) is 7.82 Å². The van der Waals surface area contributed by atoms with Gasteiger partial charge in [-0.15, -0.1) is 0 Å². The van der Waals surface area contributed by atoms with Crippen LogP contribution in [0.2, 0.25) is 0 Å². The standard InChI is InChI=1S/C24H51N2O5PS/c1-6-8-10-12-13-14-15-17-24(27)25-23(22-33-20-16-11-9-7-2)21-31-32(28,29)30-19-18-26(3,4)5/h23H,6-22H2,1-5H3,(H-,25,27,28,29)/t23-/m0/s1. The second-order valence-electron chi connectivity index (χ2n) is 9.86. The van der Waals surface area contributed by atoms with Crippen LogP contribution in [0.25, 0.3) is 0 Å². The van der Waals surface area contributed by atoms with E-state index in [1.807, 2.05) is 21.1 Å². The average Bonchev–Trinajstić information content (AvgIpc) is 2.72. The summed E-state index contributed by atoms with van der Waals surface area (Å²) in [5.74, 6) is 1.60. The molecular weight excluding hydrogens is 459 g/mol. The van der Waals surface area contributed by atoms with E-state index >= 15 is 0 Å². The molecule has 0 saturated carbocycles. The second kappa shape index (κ2) is 20.1. The zero-order valence-electron chi connectivity index (χ0n) is 21.9. The van der Waals surface area contributed by atoms with Crippen LogP contribution >= 0.6 is 19.6 Å². The Bertz CT molecular complexity index is 531. The molecule has 0 fully saturated rings. The molecule has 198 valence electrons. The summed E-state index contributed by atoms with van der Waals surface area (Å²) in [5, 5.41) is 2.98. The van der Waals surface area contributed by atoms with Gasteiger partial charge in [-0.25, -0.2) is 0 Å². The Labute approximate surface area is 208 Å². The van der Waals surface area contributed by atoms with Crippen molar-refractivity contribution < 1.29 is 27.8 Å². The Morgan fingerprint density at radius 2 is 1.52 bits per heavy atom. The zero-order chi connectivity index (χ0) is 25.0. The number of likely N-dealkylation sites (N-methyl/N-ethyl adjacent to an activating group) is 1. The molecule has 0 aromatic carbocycles. The first-order valence-electron chi connectivity index (χ1n) is 12.9. The highest BCUT2D eigenvalue weighted by Gasteiger charge is 2.18. The van der Waals surface area contributed by atoms with Gasteiger partial charge in [-0.05, 0) is 18.6 Å². The maximum atomic E-state index is 12.4. The molecule has 1 unspecified atom stereocenters. The molecule has 0 aliphatic rings.